The predicted octanol–water partition coefficient (Wildman–Crippen LogP) is 0.726. The maximum absolute atomic E-state index is 10.8. The van der Waals surface area contributed by atoms with Crippen molar-refractivity contribution in [2.45, 2.75) is 19.8 Å². The highest BCUT2D eigenvalue weighted by molar-refractivity contribution is 5.89. The van der Waals surface area contributed by atoms with Gasteiger partial charge in [0, 0.05) is 19.0 Å². The van der Waals surface area contributed by atoms with Crippen LogP contribution in [0.4, 0.5) is 11.6 Å². The highest BCUT2D eigenvalue weighted by atomic mass is 16.1. The summed E-state index contributed by atoms with van der Waals surface area (Å²) >= 11 is 0. The molecule has 1 aromatic heterocycles. The molecule has 2 rings (SSSR count). The lowest BCUT2D eigenvalue weighted by molar-refractivity contribution is -0.114. The summed E-state index contributed by atoms with van der Waals surface area (Å²) in [5.41, 5.74) is 1.08. The fourth-order valence-corrected chi connectivity index (χ4v) is 1.51. The maximum atomic E-state index is 10.8. The number of anilines is 2. The lowest BCUT2D eigenvalue weighted by Crippen LogP contribution is -2.13. The molecule has 0 spiro atoms. The lowest BCUT2D eigenvalue weighted by Gasteiger charge is -2.12. The quantitative estimate of drug-likeness (QED) is 0.596. The number of hydrogen-bond donors (Lipinski definition) is 3. The molecule has 0 fully saturated rings. The van der Waals surface area contributed by atoms with Gasteiger partial charge in [-0.2, -0.15) is 5.10 Å². The van der Waals surface area contributed by atoms with E-state index in [9.17, 15) is 4.79 Å². The Kier molecular flexibility index (Phi) is 1.92. The van der Waals surface area contributed by atoms with Crippen LogP contribution in [0.3, 0.4) is 0 Å². The molecular weight excluding hydrogens is 168 g/mol. The number of amides is 1. The van der Waals surface area contributed by atoms with Crippen LogP contribution in [0.5, 0.6) is 0 Å². The minimum atomic E-state index is -0.0722. The Morgan fingerprint density at radius 1 is 1.62 bits per heavy atom. The molecule has 0 radical (unpaired) electrons. The molecule has 0 saturated heterocycles. The van der Waals surface area contributed by atoms with E-state index in [4.69, 9.17) is 0 Å². The lowest BCUT2D eigenvalue weighted by atomic mass is 10.1. The van der Waals surface area contributed by atoms with Crippen LogP contribution in [0.25, 0.3) is 0 Å². The second-order valence-corrected chi connectivity index (χ2v) is 3.14. The second-order valence-electron chi connectivity index (χ2n) is 3.14. The van der Waals surface area contributed by atoms with Gasteiger partial charge in [0.1, 0.15) is 5.82 Å². The van der Waals surface area contributed by atoms with Gasteiger partial charge in [-0.3, -0.25) is 9.89 Å². The Morgan fingerprint density at radius 3 is 3.23 bits per heavy atom. The van der Waals surface area contributed by atoms with Crippen LogP contribution in [-0.2, 0) is 11.2 Å². The van der Waals surface area contributed by atoms with Gasteiger partial charge in [0.2, 0.25) is 5.91 Å². The van der Waals surface area contributed by atoms with Crippen molar-refractivity contribution in [1.29, 1.82) is 0 Å². The summed E-state index contributed by atoms with van der Waals surface area (Å²) < 4.78 is 0. The SMILES string of the molecule is CC(=O)Nc1[nH]nc2c1CCCN2. The van der Waals surface area contributed by atoms with Crippen molar-refractivity contribution in [3.8, 4) is 0 Å². The smallest absolute Gasteiger partial charge is 0.222 e. The molecule has 2 heterocycles. The first kappa shape index (κ1) is 8.10. The topological polar surface area (TPSA) is 69.8 Å². The summed E-state index contributed by atoms with van der Waals surface area (Å²) in [6, 6.07) is 0. The second kappa shape index (κ2) is 3.08. The zero-order chi connectivity index (χ0) is 9.26. The van der Waals surface area contributed by atoms with Crippen molar-refractivity contribution >= 4 is 17.5 Å². The van der Waals surface area contributed by atoms with E-state index in [1.165, 1.54) is 6.92 Å². The van der Waals surface area contributed by atoms with Gasteiger partial charge in [-0.25, -0.2) is 0 Å². The standard InChI is InChI=1S/C8H12N4O/c1-5(13)10-8-6-3-2-4-9-7(6)11-12-8/h2-4H2,1H3,(H3,9,10,11,12,13). The molecule has 0 aliphatic carbocycles. The molecule has 13 heavy (non-hydrogen) atoms. The van der Waals surface area contributed by atoms with Gasteiger partial charge in [0.15, 0.2) is 5.82 Å². The summed E-state index contributed by atoms with van der Waals surface area (Å²) in [5.74, 6) is 1.53. The van der Waals surface area contributed by atoms with Crippen LogP contribution in [0.15, 0.2) is 0 Å². The van der Waals surface area contributed by atoms with E-state index < -0.39 is 0 Å². The first-order valence-corrected chi connectivity index (χ1v) is 4.36. The number of carbonyl (C=O) groups excluding carboxylic acids is 1. The van der Waals surface area contributed by atoms with E-state index in [-0.39, 0.29) is 5.91 Å². The third-order valence-corrected chi connectivity index (χ3v) is 2.06. The van der Waals surface area contributed by atoms with Gasteiger partial charge in [-0.1, -0.05) is 0 Å². The van der Waals surface area contributed by atoms with Crippen molar-refractivity contribution in [2.75, 3.05) is 17.2 Å². The van der Waals surface area contributed by atoms with E-state index in [1.54, 1.807) is 0 Å². The van der Waals surface area contributed by atoms with Crippen LogP contribution in [0, 0.1) is 0 Å². The average Bonchev–Trinajstić information content (AvgIpc) is 2.48. The number of carbonyl (C=O) groups is 1. The monoisotopic (exact) mass is 180 g/mol. The zero-order valence-corrected chi connectivity index (χ0v) is 7.48. The molecule has 70 valence electrons. The van der Waals surface area contributed by atoms with Crippen LogP contribution in [0.1, 0.15) is 18.9 Å². The van der Waals surface area contributed by atoms with Gasteiger partial charge in [0.05, 0.1) is 0 Å². The van der Waals surface area contributed by atoms with Crippen molar-refractivity contribution in [1.82, 2.24) is 10.2 Å². The molecule has 0 bridgehead atoms. The molecule has 1 aliphatic heterocycles. The first-order chi connectivity index (χ1) is 6.27. The summed E-state index contributed by atoms with van der Waals surface area (Å²) in [6.45, 7) is 2.45. The van der Waals surface area contributed by atoms with Gasteiger partial charge < -0.3 is 10.6 Å². The highest BCUT2D eigenvalue weighted by Gasteiger charge is 2.16. The molecule has 3 N–H and O–H groups in total. The number of aromatic nitrogens is 2. The largest absolute Gasteiger partial charge is 0.368 e. The summed E-state index contributed by atoms with van der Waals surface area (Å²) in [7, 11) is 0. The molecule has 0 atom stereocenters. The minimum absolute atomic E-state index is 0.0722. The predicted molar refractivity (Wildman–Crippen MR) is 49.7 cm³/mol. The van der Waals surface area contributed by atoms with E-state index in [0.717, 1.165) is 36.6 Å². The number of fused-ring (bicyclic) bond motifs is 1. The van der Waals surface area contributed by atoms with Gasteiger partial charge in [0.25, 0.3) is 0 Å². The van der Waals surface area contributed by atoms with Gasteiger partial charge in [-0.15, -0.1) is 0 Å². The van der Waals surface area contributed by atoms with E-state index in [0.29, 0.717) is 0 Å². The minimum Gasteiger partial charge on any atom is -0.368 e. The Morgan fingerprint density at radius 2 is 2.46 bits per heavy atom. The summed E-state index contributed by atoms with van der Waals surface area (Å²) in [5, 5.41) is 12.7. The van der Waals surface area contributed by atoms with Crippen LogP contribution >= 0.6 is 0 Å². The summed E-state index contributed by atoms with van der Waals surface area (Å²) in [4.78, 5) is 10.8. The van der Waals surface area contributed by atoms with Gasteiger partial charge >= 0.3 is 0 Å². The normalized spacial score (nSPS) is 14.5. The molecule has 1 aromatic rings. The number of H-pyrrole nitrogens is 1. The van der Waals surface area contributed by atoms with Crippen LogP contribution < -0.4 is 10.6 Å². The van der Waals surface area contributed by atoms with Crippen LogP contribution in [-0.4, -0.2) is 22.6 Å². The Hall–Kier alpha value is -1.52. The van der Waals surface area contributed by atoms with Crippen molar-refractivity contribution in [3.05, 3.63) is 5.56 Å². The Balaban J connectivity index is 2.26. The number of nitrogens with one attached hydrogen (secondary N) is 3. The molecular formula is C8H12N4O. The number of nitrogens with zero attached hydrogens (tertiary/aromatic N) is 1. The molecule has 0 unspecified atom stereocenters. The number of rotatable bonds is 1. The Bertz CT molecular complexity index is 331. The van der Waals surface area contributed by atoms with Crippen molar-refractivity contribution in [2.24, 2.45) is 0 Å². The average molecular weight is 180 g/mol. The van der Waals surface area contributed by atoms with Crippen molar-refractivity contribution < 1.29 is 4.79 Å². The van der Waals surface area contributed by atoms with E-state index in [2.05, 4.69) is 20.8 Å². The molecule has 5 heteroatoms. The summed E-state index contributed by atoms with van der Waals surface area (Å²) in [6.07, 6.45) is 2.05. The number of aromatic amines is 1. The molecule has 0 aromatic carbocycles. The first-order valence-electron chi connectivity index (χ1n) is 4.36. The molecule has 5 nitrogen and oxygen atoms in total. The molecule has 1 aliphatic rings. The van der Waals surface area contributed by atoms with Crippen molar-refractivity contribution in [3.63, 3.8) is 0 Å². The van der Waals surface area contributed by atoms with E-state index in [1.807, 2.05) is 0 Å². The number of hydrogen-bond acceptors (Lipinski definition) is 3. The third-order valence-electron chi connectivity index (χ3n) is 2.06. The third kappa shape index (κ3) is 1.49. The van der Waals surface area contributed by atoms with E-state index >= 15 is 0 Å². The molecule has 1 amide bonds. The molecule has 0 saturated carbocycles. The zero-order valence-electron chi connectivity index (χ0n) is 7.48. The fourth-order valence-electron chi connectivity index (χ4n) is 1.51. The Labute approximate surface area is 75.9 Å². The fraction of sp³-hybridized carbons (Fsp3) is 0.500. The highest BCUT2D eigenvalue weighted by Crippen LogP contribution is 2.25. The van der Waals surface area contributed by atoms with Gasteiger partial charge in [-0.05, 0) is 12.8 Å². The maximum Gasteiger partial charge on any atom is 0.222 e. The van der Waals surface area contributed by atoms with Crippen LogP contribution in [0.2, 0.25) is 0 Å².